The first kappa shape index (κ1) is 19.5. The fraction of sp³-hybridized carbons (Fsp3) is 0.450. The molecule has 0 bridgehead atoms. The Morgan fingerprint density at radius 2 is 2.00 bits per heavy atom. The van der Waals surface area contributed by atoms with Gasteiger partial charge in [0.1, 0.15) is 23.9 Å². The molecule has 0 fully saturated rings. The second kappa shape index (κ2) is 7.78. The summed E-state index contributed by atoms with van der Waals surface area (Å²) in [7, 11) is -1.13. The molecule has 1 N–H and O–H groups in total. The summed E-state index contributed by atoms with van der Waals surface area (Å²) in [5, 5.41) is 5.39. The molecule has 0 saturated heterocycles. The summed E-state index contributed by atoms with van der Waals surface area (Å²) in [5.74, 6) is 0.892. The highest BCUT2D eigenvalue weighted by Crippen LogP contribution is 2.22. The van der Waals surface area contributed by atoms with Gasteiger partial charge < -0.3 is 9.72 Å². The first-order valence-electron chi connectivity index (χ1n) is 9.39. The smallest absolute Gasteiger partial charge is 0.231 e. The third kappa shape index (κ3) is 4.54. The molecule has 6 nitrogen and oxygen atoms in total. The van der Waals surface area contributed by atoms with Crippen LogP contribution in [0.4, 0.5) is 0 Å². The van der Waals surface area contributed by atoms with E-state index in [0.717, 1.165) is 22.8 Å². The quantitative estimate of drug-likeness (QED) is 0.354. The molecule has 0 aliphatic heterocycles. The van der Waals surface area contributed by atoms with E-state index in [0.29, 0.717) is 24.7 Å². The van der Waals surface area contributed by atoms with Gasteiger partial charge in [0, 0.05) is 26.0 Å². The topological polar surface area (TPSA) is 72.8 Å². The highest BCUT2D eigenvalue weighted by molar-refractivity contribution is 6.76. The lowest BCUT2D eigenvalue weighted by Gasteiger charge is -2.15. The number of rotatable bonds is 8. The number of nitrogens with one attached hydrogen (secondary N) is 1. The van der Waals surface area contributed by atoms with Crippen LogP contribution in [-0.2, 0) is 11.5 Å². The van der Waals surface area contributed by atoms with Crippen molar-refractivity contribution in [1.29, 1.82) is 0 Å². The molecule has 0 saturated carbocycles. The summed E-state index contributed by atoms with van der Waals surface area (Å²) in [6.07, 6.45) is 1.59. The average molecular weight is 385 g/mol. The number of ether oxygens (including phenoxy) is 1. The second-order valence-electron chi connectivity index (χ2n) is 8.38. The van der Waals surface area contributed by atoms with Crippen LogP contribution in [0.5, 0.6) is 0 Å². The van der Waals surface area contributed by atoms with Crippen molar-refractivity contribution < 1.29 is 9.53 Å². The van der Waals surface area contributed by atoms with Crippen LogP contribution in [0.15, 0.2) is 30.5 Å². The minimum Gasteiger partial charge on any atom is -0.360 e. The first-order valence-corrected chi connectivity index (χ1v) is 13.1. The Hall–Kier alpha value is -2.25. The summed E-state index contributed by atoms with van der Waals surface area (Å²) in [6.45, 7) is 12.1. The third-order valence-electron chi connectivity index (χ3n) is 4.47. The van der Waals surface area contributed by atoms with Crippen molar-refractivity contribution in [1.82, 2.24) is 19.7 Å². The zero-order chi connectivity index (χ0) is 19.6. The Kier molecular flexibility index (Phi) is 5.62. The van der Waals surface area contributed by atoms with Crippen molar-refractivity contribution in [2.75, 3.05) is 6.61 Å². The van der Waals surface area contributed by atoms with Crippen LogP contribution in [0.3, 0.4) is 0 Å². The lowest BCUT2D eigenvalue weighted by molar-refractivity contribution is 0.0809. The maximum atomic E-state index is 13.0. The standard InChI is InChI=1S/C20H28N4O2Si/c1-14(2)20-21-12-16(22-20)19(25)18-15-8-6-7-9-17(15)24(23-18)13-26-10-11-27(3,4)5/h6-9,12,14H,10-11,13H2,1-5H3,(H,21,22). The predicted octanol–water partition coefficient (Wildman–Crippen LogP) is 4.43. The summed E-state index contributed by atoms with van der Waals surface area (Å²) < 4.78 is 7.61. The van der Waals surface area contributed by atoms with Gasteiger partial charge >= 0.3 is 0 Å². The molecule has 0 unspecified atom stereocenters. The van der Waals surface area contributed by atoms with Crippen LogP contribution in [0, 0.1) is 0 Å². The third-order valence-corrected chi connectivity index (χ3v) is 6.17. The number of aromatic nitrogens is 4. The minimum absolute atomic E-state index is 0.147. The van der Waals surface area contributed by atoms with E-state index in [-0.39, 0.29) is 11.7 Å². The van der Waals surface area contributed by atoms with E-state index in [1.165, 1.54) is 0 Å². The molecular weight excluding hydrogens is 356 g/mol. The van der Waals surface area contributed by atoms with Crippen LogP contribution in [0.25, 0.3) is 10.9 Å². The number of fused-ring (bicyclic) bond motifs is 1. The molecule has 0 atom stereocenters. The van der Waals surface area contributed by atoms with Crippen LogP contribution >= 0.6 is 0 Å². The maximum absolute atomic E-state index is 13.0. The van der Waals surface area contributed by atoms with E-state index < -0.39 is 8.07 Å². The SMILES string of the molecule is CC(C)c1ncc(C(=O)c2nn(COCC[Si](C)(C)C)c3ccccc23)[nH]1. The molecule has 0 spiro atoms. The van der Waals surface area contributed by atoms with Crippen molar-refractivity contribution in [3.05, 3.63) is 47.7 Å². The number of carbonyl (C=O) groups is 1. The van der Waals surface area contributed by atoms with Crippen molar-refractivity contribution >= 4 is 24.8 Å². The molecule has 1 aromatic carbocycles. The van der Waals surface area contributed by atoms with Crippen LogP contribution in [0.1, 0.15) is 41.8 Å². The molecule has 27 heavy (non-hydrogen) atoms. The van der Waals surface area contributed by atoms with Gasteiger partial charge in [-0.15, -0.1) is 0 Å². The highest BCUT2D eigenvalue weighted by Gasteiger charge is 2.21. The lowest BCUT2D eigenvalue weighted by Crippen LogP contribution is -2.22. The van der Waals surface area contributed by atoms with Gasteiger partial charge in [0.25, 0.3) is 0 Å². The fourth-order valence-electron chi connectivity index (χ4n) is 2.80. The molecule has 0 amide bonds. The number of imidazole rings is 1. The zero-order valence-electron chi connectivity index (χ0n) is 16.7. The van der Waals surface area contributed by atoms with E-state index in [2.05, 4.69) is 34.7 Å². The van der Waals surface area contributed by atoms with Gasteiger partial charge in [-0.3, -0.25) is 4.79 Å². The zero-order valence-corrected chi connectivity index (χ0v) is 17.7. The van der Waals surface area contributed by atoms with Crippen molar-refractivity contribution in [2.45, 2.75) is 52.2 Å². The summed E-state index contributed by atoms with van der Waals surface area (Å²) in [6, 6.07) is 8.86. The van der Waals surface area contributed by atoms with E-state index in [1.807, 2.05) is 38.1 Å². The summed E-state index contributed by atoms with van der Waals surface area (Å²) in [4.78, 5) is 20.4. The van der Waals surface area contributed by atoms with E-state index in [9.17, 15) is 4.79 Å². The summed E-state index contributed by atoms with van der Waals surface area (Å²) in [5.41, 5.74) is 1.80. The van der Waals surface area contributed by atoms with Crippen molar-refractivity contribution in [3.8, 4) is 0 Å². The predicted molar refractivity (Wildman–Crippen MR) is 110 cm³/mol. The molecule has 7 heteroatoms. The van der Waals surface area contributed by atoms with Crippen molar-refractivity contribution in [2.24, 2.45) is 0 Å². The van der Waals surface area contributed by atoms with Crippen molar-refractivity contribution in [3.63, 3.8) is 0 Å². The number of aromatic amines is 1. The largest absolute Gasteiger partial charge is 0.360 e. The van der Waals surface area contributed by atoms with Crippen LogP contribution in [0.2, 0.25) is 25.7 Å². The van der Waals surface area contributed by atoms with Crippen LogP contribution in [-0.4, -0.2) is 40.2 Å². The molecule has 3 rings (SSSR count). The molecule has 0 aliphatic carbocycles. The number of hydrogen-bond acceptors (Lipinski definition) is 4. The Labute approximate surface area is 161 Å². The normalized spacial score (nSPS) is 12.2. The Bertz CT molecular complexity index is 937. The number of H-pyrrole nitrogens is 1. The van der Waals surface area contributed by atoms with Gasteiger partial charge in [-0.1, -0.05) is 51.7 Å². The molecule has 144 valence electrons. The fourth-order valence-corrected chi connectivity index (χ4v) is 3.55. The van der Waals surface area contributed by atoms with Gasteiger partial charge in [0.2, 0.25) is 5.78 Å². The monoisotopic (exact) mass is 384 g/mol. The number of hydrogen-bond donors (Lipinski definition) is 1. The molecule has 2 heterocycles. The maximum Gasteiger partial charge on any atom is 0.231 e. The Balaban J connectivity index is 1.84. The van der Waals surface area contributed by atoms with Gasteiger partial charge in [0.15, 0.2) is 0 Å². The van der Waals surface area contributed by atoms with E-state index >= 15 is 0 Å². The lowest BCUT2D eigenvalue weighted by atomic mass is 10.1. The molecule has 2 aromatic heterocycles. The van der Waals surface area contributed by atoms with Gasteiger partial charge in [0.05, 0.1) is 11.7 Å². The first-order chi connectivity index (χ1) is 12.8. The second-order valence-corrected chi connectivity index (χ2v) is 14.0. The number of nitrogens with zero attached hydrogens (tertiary/aromatic N) is 3. The summed E-state index contributed by atoms with van der Waals surface area (Å²) >= 11 is 0. The minimum atomic E-state index is -1.13. The van der Waals surface area contributed by atoms with Gasteiger partial charge in [-0.05, 0) is 12.1 Å². The highest BCUT2D eigenvalue weighted by atomic mass is 28.3. The van der Waals surface area contributed by atoms with E-state index in [1.54, 1.807) is 10.9 Å². The van der Waals surface area contributed by atoms with Gasteiger partial charge in [-0.2, -0.15) is 5.10 Å². The molecular formula is C20H28N4O2Si. The molecule has 3 aromatic rings. The Morgan fingerprint density at radius 3 is 2.67 bits per heavy atom. The number of ketones is 1. The van der Waals surface area contributed by atoms with Crippen LogP contribution < -0.4 is 0 Å². The number of para-hydroxylation sites is 1. The Morgan fingerprint density at radius 1 is 1.26 bits per heavy atom. The average Bonchev–Trinajstić information content (AvgIpc) is 3.23. The number of benzene rings is 1. The molecule has 0 radical (unpaired) electrons. The van der Waals surface area contributed by atoms with Gasteiger partial charge in [-0.25, -0.2) is 9.67 Å². The molecule has 0 aliphatic rings. The number of carbonyl (C=O) groups excluding carboxylic acids is 1. The van der Waals surface area contributed by atoms with E-state index in [4.69, 9.17) is 4.74 Å².